The second kappa shape index (κ2) is 10.3. The van der Waals surface area contributed by atoms with Crippen LogP contribution < -0.4 is 4.90 Å². The topological polar surface area (TPSA) is 71.3 Å². The molecule has 4 aromatic heterocycles. The van der Waals surface area contributed by atoms with E-state index in [9.17, 15) is 0 Å². The smallest absolute Gasteiger partial charge is 0.179 e. The monoisotopic (exact) mass is 519 g/mol. The summed E-state index contributed by atoms with van der Waals surface area (Å²) < 4.78 is 14.4. The van der Waals surface area contributed by atoms with Gasteiger partial charge in [0.25, 0.3) is 0 Å². The van der Waals surface area contributed by atoms with Crippen LogP contribution in [0.25, 0.3) is 27.4 Å². The van der Waals surface area contributed by atoms with Crippen molar-refractivity contribution in [1.29, 1.82) is 0 Å². The lowest BCUT2D eigenvalue weighted by Crippen LogP contribution is -2.48. The number of morpholine rings is 2. The number of fused-ring (bicyclic) bond motifs is 2. The van der Waals surface area contributed by atoms with Gasteiger partial charge in [0.1, 0.15) is 5.65 Å². The summed E-state index contributed by atoms with van der Waals surface area (Å²) in [6, 6.07) is 9.10. The van der Waals surface area contributed by atoms with Gasteiger partial charge in [0.2, 0.25) is 0 Å². The van der Waals surface area contributed by atoms with E-state index in [1.165, 1.54) is 22.4 Å². The first kappa shape index (κ1) is 23.5. The van der Waals surface area contributed by atoms with Gasteiger partial charge in [-0.1, -0.05) is 6.07 Å². The highest BCUT2D eigenvalue weighted by Gasteiger charge is 2.27. The first-order valence-corrected chi connectivity index (χ1v) is 14.2. The van der Waals surface area contributed by atoms with Crippen molar-refractivity contribution in [3.8, 4) is 11.5 Å². The molecule has 0 amide bonds. The number of piperidine rings is 1. The average Bonchev–Trinajstić information content (AvgIpc) is 3.60. The number of nitrogens with zero attached hydrogens (tertiary/aromatic N) is 7. The molecule has 0 saturated carbocycles. The third-order valence-electron chi connectivity index (χ3n) is 7.87. The molecule has 7 rings (SSSR count). The maximum atomic E-state index is 5.64. The van der Waals surface area contributed by atoms with E-state index in [-0.39, 0.29) is 0 Å². The van der Waals surface area contributed by atoms with Crippen LogP contribution in [0.4, 0.5) is 5.82 Å². The highest BCUT2D eigenvalue weighted by Crippen LogP contribution is 2.35. The molecule has 0 unspecified atom stereocenters. The lowest BCUT2D eigenvalue weighted by molar-refractivity contribution is 0.000310. The normalized spacial score (nSPS) is 20.8. The lowest BCUT2D eigenvalue weighted by Gasteiger charge is -2.40. The second-order valence-corrected chi connectivity index (χ2v) is 11.3. The Morgan fingerprint density at radius 1 is 0.919 bits per heavy atom. The Morgan fingerprint density at radius 3 is 2.51 bits per heavy atom. The predicted molar refractivity (Wildman–Crippen MR) is 145 cm³/mol. The Hall–Kier alpha value is -2.63. The molecule has 0 N–H and O–H groups in total. The number of ether oxygens (including phenoxy) is 2. The second-order valence-electron chi connectivity index (χ2n) is 10.1. The van der Waals surface area contributed by atoms with Crippen LogP contribution in [0.3, 0.4) is 0 Å². The molecular formula is C27H33N7O2S. The van der Waals surface area contributed by atoms with E-state index in [1.54, 1.807) is 0 Å². The Morgan fingerprint density at radius 2 is 1.70 bits per heavy atom. The summed E-state index contributed by atoms with van der Waals surface area (Å²) in [5, 5.41) is 0. The Balaban J connectivity index is 1.17. The van der Waals surface area contributed by atoms with Gasteiger partial charge in [0, 0.05) is 69.1 Å². The quantitative estimate of drug-likeness (QED) is 0.398. The fraction of sp³-hybridized carbons (Fsp3) is 0.519. The molecule has 10 heteroatoms. The Labute approximate surface area is 220 Å². The van der Waals surface area contributed by atoms with Gasteiger partial charge in [-0.05, 0) is 31.0 Å². The highest BCUT2D eigenvalue weighted by atomic mass is 32.1. The number of aromatic nitrogens is 4. The number of hydrogen-bond donors (Lipinski definition) is 0. The van der Waals surface area contributed by atoms with E-state index in [4.69, 9.17) is 19.4 Å². The molecule has 9 nitrogen and oxygen atoms in total. The fourth-order valence-corrected chi connectivity index (χ4v) is 7.04. The summed E-state index contributed by atoms with van der Waals surface area (Å²) in [5.41, 5.74) is 2.90. The maximum absolute atomic E-state index is 5.64. The molecule has 0 aromatic carbocycles. The van der Waals surface area contributed by atoms with E-state index >= 15 is 0 Å². The molecule has 0 aliphatic carbocycles. The Kier molecular flexibility index (Phi) is 6.51. The van der Waals surface area contributed by atoms with Crippen molar-refractivity contribution < 1.29 is 9.47 Å². The van der Waals surface area contributed by atoms with Gasteiger partial charge in [0.15, 0.2) is 11.6 Å². The number of imidazole rings is 1. The first-order chi connectivity index (χ1) is 18.3. The zero-order valence-electron chi connectivity index (χ0n) is 21.1. The highest BCUT2D eigenvalue weighted by molar-refractivity contribution is 7.19. The van der Waals surface area contributed by atoms with Crippen LogP contribution in [0.5, 0.6) is 0 Å². The van der Waals surface area contributed by atoms with Crippen molar-refractivity contribution in [3.63, 3.8) is 0 Å². The van der Waals surface area contributed by atoms with Gasteiger partial charge >= 0.3 is 0 Å². The van der Waals surface area contributed by atoms with E-state index in [2.05, 4.69) is 36.2 Å². The van der Waals surface area contributed by atoms with Crippen LogP contribution in [-0.4, -0.2) is 101 Å². The van der Waals surface area contributed by atoms with Gasteiger partial charge in [0.05, 0.1) is 42.3 Å². The maximum Gasteiger partial charge on any atom is 0.179 e. The van der Waals surface area contributed by atoms with E-state index in [0.717, 1.165) is 101 Å². The summed E-state index contributed by atoms with van der Waals surface area (Å²) >= 11 is 1.85. The number of rotatable bonds is 5. The predicted octanol–water partition coefficient (Wildman–Crippen LogP) is 3.14. The molecule has 3 saturated heterocycles. The van der Waals surface area contributed by atoms with E-state index < -0.39 is 0 Å². The van der Waals surface area contributed by atoms with E-state index in [1.807, 2.05) is 35.9 Å². The minimum atomic E-state index is 0.704. The molecule has 0 bridgehead atoms. The van der Waals surface area contributed by atoms with Crippen molar-refractivity contribution in [3.05, 3.63) is 41.5 Å². The molecule has 3 aliphatic rings. The molecule has 37 heavy (non-hydrogen) atoms. The standard InChI is InChI=1S/C27H33N7O2S/c1-2-23(34-9-6-28-24(34)3-1)26-29-22-18-21(37-25(22)27(30-26)33-12-16-36-17-13-33)19-31-7-4-20(5-8-31)32-10-14-35-15-11-32/h1-3,6,9,18,20H,4-5,7-8,10-17,19H2. The van der Waals surface area contributed by atoms with Crippen molar-refractivity contribution >= 4 is 33.0 Å². The SMILES string of the molecule is c1cc(-c2nc(N3CCOCC3)c3sc(CN4CCC(N5CCOCC5)CC4)cc3n2)n2ccnc2c1. The van der Waals surface area contributed by atoms with E-state index in [0.29, 0.717) is 6.04 Å². The van der Waals surface area contributed by atoms with Gasteiger partial charge in [-0.15, -0.1) is 11.3 Å². The molecule has 194 valence electrons. The summed E-state index contributed by atoms with van der Waals surface area (Å²) in [6.45, 7) is 10.4. The van der Waals surface area contributed by atoms with Crippen molar-refractivity contribution in [1.82, 2.24) is 29.2 Å². The third-order valence-corrected chi connectivity index (χ3v) is 8.98. The first-order valence-electron chi connectivity index (χ1n) is 13.4. The van der Waals surface area contributed by atoms with Gasteiger partial charge in [-0.25, -0.2) is 15.0 Å². The molecule has 4 aromatic rings. The number of hydrogen-bond acceptors (Lipinski definition) is 9. The summed E-state index contributed by atoms with van der Waals surface area (Å²) in [4.78, 5) is 23.6. The third kappa shape index (κ3) is 4.72. The van der Waals surface area contributed by atoms with Crippen LogP contribution in [0.1, 0.15) is 17.7 Å². The van der Waals surface area contributed by atoms with Crippen molar-refractivity contribution in [2.24, 2.45) is 0 Å². The van der Waals surface area contributed by atoms with Crippen LogP contribution in [-0.2, 0) is 16.0 Å². The number of anilines is 1. The summed E-state index contributed by atoms with van der Waals surface area (Å²) in [5.74, 6) is 1.77. The lowest BCUT2D eigenvalue weighted by atomic mass is 10.0. The number of pyridine rings is 1. The molecule has 0 radical (unpaired) electrons. The average molecular weight is 520 g/mol. The zero-order valence-corrected chi connectivity index (χ0v) is 21.9. The van der Waals surface area contributed by atoms with Crippen LogP contribution >= 0.6 is 11.3 Å². The molecular weight excluding hydrogens is 486 g/mol. The van der Waals surface area contributed by atoms with Crippen LogP contribution in [0.15, 0.2) is 36.7 Å². The minimum Gasteiger partial charge on any atom is -0.379 e. The minimum absolute atomic E-state index is 0.704. The molecule has 3 fully saturated rings. The fourth-order valence-electron chi connectivity index (χ4n) is 5.88. The number of likely N-dealkylation sites (tertiary alicyclic amines) is 1. The van der Waals surface area contributed by atoms with Crippen LogP contribution in [0, 0.1) is 0 Å². The van der Waals surface area contributed by atoms with Gasteiger partial charge in [-0.3, -0.25) is 14.2 Å². The largest absolute Gasteiger partial charge is 0.379 e. The van der Waals surface area contributed by atoms with Crippen LogP contribution in [0.2, 0.25) is 0 Å². The Bertz CT molecular complexity index is 1370. The van der Waals surface area contributed by atoms with Crippen molar-refractivity contribution in [2.75, 3.05) is 70.6 Å². The van der Waals surface area contributed by atoms with Gasteiger partial charge in [-0.2, -0.15) is 0 Å². The molecule has 7 heterocycles. The van der Waals surface area contributed by atoms with Gasteiger partial charge < -0.3 is 14.4 Å². The number of thiophene rings is 1. The summed E-state index contributed by atoms with van der Waals surface area (Å²) in [7, 11) is 0. The zero-order chi connectivity index (χ0) is 24.6. The molecule has 3 aliphatic heterocycles. The summed E-state index contributed by atoms with van der Waals surface area (Å²) in [6.07, 6.45) is 6.28. The molecule has 0 atom stereocenters. The molecule has 0 spiro atoms. The van der Waals surface area contributed by atoms with Crippen molar-refractivity contribution in [2.45, 2.75) is 25.4 Å².